The summed E-state index contributed by atoms with van der Waals surface area (Å²) in [7, 11) is 0. The van der Waals surface area contributed by atoms with Crippen LogP contribution in [0.2, 0.25) is 5.02 Å². The lowest BCUT2D eigenvalue weighted by molar-refractivity contribution is 0.0439. The minimum atomic E-state index is 0.327. The maximum Gasteiger partial charge on any atom is 0.128 e. The molecule has 118 valence electrons. The van der Waals surface area contributed by atoms with Crippen LogP contribution in [0.15, 0.2) is 12.3 Å². The van der Waals surface area contributed by atoms with E-state index >= 15 is 0 Å². The molecule has 2 heterocycles. The highest BCUT2D eigenvalue weighted by molar-refractivity contribution is 6.31. The predicted octanol–water partition coefficient (Wildman–Crippen LogP) is 3.24. The number of piperidine rings is 1. The van der Waals surface area contributed by atoms with Gasteiger partial charge >= 0.3 is 0 Å². The Hall–Kier alpha value is -0.840. The molecule has 1 aromatic heterocycles. The van der Waals surface area contributed by atoms with Gasteiger partial charge in [-0.2, -0.15) is 0 Å². The number of pyridine rings is 1. The minimum absolute atomic E-state index is 0.327. The largest absolute Gasteiger partial charge is 0.376 e. The van der Waals surface area contributed by atoms with E-state index in [-0.39, 0.29) is 0 Å². The molecular formula is C16H26ClN3O. The van der Waals surface area contributed by atoms with Crippen LogP contribution in [0.5, 0.6) is 0 Å². The molecule has 1 atom stereocenters. The normalized spacial score (nSPS) is 19.0. The zero-order chi connectivity index (χ0) is 15.1. The Morgan fingerprint density at radius 1 is 1.48 bits per heavy atom. The van der Waals surface area contributed by atoms with Crippen molar-refractivity contribution < 1.29 is 4.74 Å². The molecule has 0 aliphatic carbocycles. The molecule has 0 bridgehead atoms. The van der Waals surface area contributed by atoms with E-state index in [1.165, 1.54) is 0 Å². The van der Waals surface area contributed by atoms with Crippen LogP contribution < -0.4 is 10.2 Å². The molecule has 5 heteroatoms. The molecule has 0 amide bonds. The molecule has 4 nitrogen and oxygen atoms in total. The van der Waals surface area contributed by atoms with E-state index in [0.29, 0.717) is 6.10 Å². The summed E-state index contributed by atoms with van der Waals surface area (Å²) in [5.41, 5.74) is 1.11. The minimum Gasteiger partial charge on any atom is -0.376 e. The van der Waals surface area contributed by atoms with Crippen molar-refractivity contribution in [2.45, 2.75) is 45.8 Å². The first-order chi connectivity index (χ1) is 10.2. The van der Waals surface area contributed by atoms with Crippen LogP contribution in [0.4, 0.5) is 5.82 Å². The molecule has 1 fully saturated rings. The summed E-state index contributed by atoms with van der Waals surface area (Å²) in [5.74, 6) is 1.01. The van der Waals surface area contributed by atoms with Gasteiger partial charge in [0.1, 0.15) is 5.82 Å². The van der Waals surface area contributed by atoms with Gasteiger partial charge in [-0.05, 0) is 37.4 Å². The highest BCUT2D eigenvalue weighted by atomic mass is 35.5. The first-order valence-electron chi connectivity index (χ1n) is 7.96. The molecular weight excluding hydrogens is 286 g/mol. The predicted molar refractivity (Wildman–Crippen MR) is 88.1 cm³/mol. The monoisotopic (exact) mass is 311 g/mol. The fourth-order valence-electron chi connectivity index (χ4n) is 2.60. The SMILES string of the molecule is CCCOC1CCCN(c2cc(CNCC)c(Cl)cn2)C1. The van der Waals surface area contributed by atoms with Crippen molar-refractivity contribution >= 4 is 17.4 Å². The standard InChI is InChI=1S/C16H26ClN3O/c1-3-8-21-14-6-5-7-20(12-14)16-9-13(10-18-4-2)15(17)11-19-16/h9,11,14,18H,3-8,10,12H2,1-2H3. The third-order valence-corrected chi connectivity index (χ3v) is 4.09. The quantitative estimate of drug-likeness (QED) is 0.839. The molecule has 21 heavy (non-hydrogen) atoms. The van der Waals surface area contributed by atoms with Gasteiger partial charge in [-0.15, -0.1) is 0 Å². The lowest BCUT2D eigenvalue weighted by atomic mass is 10.1. The van der Waals surface area contributed by atoms with Gasteiger partial charge in [0.15, 0.2) is 0 Å². The summed E-state index contributed by atoms with van der Waals surface area (Å²) in [6.07, 6.45) is 5.46. The van der Waals surface area contributed by atoms with E-state index in [2.05, 4.69) is 35.1 Å². The fraction of sp³-hybridized carbons (Fsp3) is 0.688. The van der Waals surface area contributed by atoms with Gasteiger partial charge in [0, 0.05) is 32.4 Å². The summed E-state index contributed by atoms with van der Waals surface area (Å²) in [6.45, 7) is 8.78. The number of halogens is 1. The zero-order valence-electron chi connectivity index (χ0n) is 13.1. The van der Waals surface area contributed by atoms with Gasteiger partial charge in [-0.1, -0.05) is 25.4 Å². The Kier molecular flexibility index (Phi) is 6.74. The van der Waals surface area contributed by atoms with Gasteiger partial charge in [-0.25, -0.2) is 4.98 Å². The second-order valence-electron chi connectivity index (χ2n) is 5.50. The van der Waals surface area contributed by atoms with Crippen LogP contribution in [0.3, 0.4) is 0 Å². The van der Waals surface area contributed by atoms with E-state index in [1.807, 2.05) is 0 Å². The van der Waals surface area contributed by atoms with Crippen molar-refractivity contribution in [3.8, 4) is 0 Å². The number of hydrogen-bond donors (Lipinski definition) is 1. The van der Waals surface area contributed by atoms with Gasteiger partial charge in [-0.3, -0.25) is 0 Å². The van der Waals surface area contributed by atoms with Crippen molar-refractivity contribution in [3.63, 3.8) is 0 Å². The molecule has 1 aliphatic heterocycles. The fourth-order valence-corrected chi connectivity index (χ4v) is 2.77. The number of anilines is 1. The molecule has 0 aromatic carbocycles. The third-order valence-electron chi connectivity index (χ3n) is 3.75. The number of nitrogens with zero attached hydrogens (tertiary/aromatic N) is 2. The molecule has 1 saturated heterocycles. The van der Waals surface area contributed by atoms with Gasteiger partial charge in [0.25, 0.3) is 0 Å². The lowest BCUT2D eigenvalue weighted by Gasteiger charge is -2.33. The smallest absolute Gasteiger partial charge is 0.128 e. The van der Waals surface area contributed by atoms with E-state index in [1.54, 1.807) is 6.20 Å². The second-order valence-corrected chi connectivity index (χ2v) is 5.90. The van der Waals surface area contributed by atoms with E-state index in [4.69, 9.17) is 16.3 Å². The Morgan fingerprint density at radius 2 is 2.33 bits per heavy atom. The first kappa shape index (κ1) is 16.5. The summed E-state index contributed by atoms with van der Waals surface area (Å²) in [5, 5.41) is 4.05. The van der Waals surface area contributed by atoms with Crippen LogP contribution >= 0.6 is 11.6 Å². The summed E-state index contributed by atoms with van der Waals surface area (Å²) < 4.78 is 5.89. The number of aromatic nitrogens is 1. The first-order valence-corrected chi connectivity index (χ1v) is 8.34. The summed E-state index contributed by atoms with van der Waals surface area (Å²) >= 11 is 6.22. The van der Waals surface area contributed by atoms with Gasteiger partial charge in [0.2, 0.25) is 0 Å². The summed E-state index contributed by atoms with van der Waals surface area (Å²) in [6, 6.07) is 2.10. The Balaban J connectivity index is 2.02. The molecule has 0 radical (unpaired) electrons. The Morgan fingerprint density at radius 3 is 3.10 bits per heavy atom. The lowest BCUT2D eigenvalue weighted by Crippen LogP contribution is -2.40. The van der Waals surface area contributed by atoms with E-state index in [9.17, 15) is 0 Å². The second kappa shape index (κ2) is 8.57. The Labute approximate surface area is 132 Å². The average Bonchev–Trinajstić information content (AvgIpc) is 2.52. The van der Waals surface area contributed by atoms with Gasteiger partial charge < -0.3 is 15.0 Å². The highest BCUT2D eigenvalue weighted by Crippen LogP contribution is 2.24. The number of ether oxygens (including phenoxy) is 1. The molecule has 1 N–H and O–H groups in total. The highest BCUT2D eigenvalue weighted by Gasteiger charge is 2.21. The maximum atomic E-state index is 6.22. The van der Waals surface area contributed by atoms with Crippen LogP contribution in [0.1, 0.15) is 38.7 Å². The van der Waals surface area contributed by atoms with Crippen molar-refractivity contribution in [3.05, 3.63) is 22.8 Å². The summed E-state index contributed by atoms with van der Waals surface area (Å²) in [4.78, 5) is 6.81. The topological polar surface area (TPSA) is 37.4 Å². The molecule has 1 unspecified atom stereocenters. The van der Waals surface area contributed by atoms with Gasteiger partial charge in [0.05, 0.1) is 11.1 Å². The Bertz CT molecular complexity index is 442. The number of nitrogens with one attached hydrogen (secondary N) is 1. The van der Waals surface area contributed by atoms with Crippen LogP contribution in [0, 0.1) is 0 Å². The number of hydrogen-bond acceptors (Lipinski definition) is 4. The average molecular weight is 312 g/mol. The molecule has 1 aromatic rings. The van der Waals surface area contributed by atoms with Crippen LogP contribution in [-0.2, 0) is 11.3 Å². The van der Waals surface area contributed by atoms with Crippen molar-refractivity contribution in [2.24, 2.45) is 0 Å². The van der Waals surface area contributed by atoms with Crippen molar-refractivity contribution in [1.82, 2.24) is 10.3 Å². The van der Waals surface area contributed by atoms with Crippen molar-refractivity contribution in [2.75, 3.05) is 31.1 Å². The molecule has 1 aliphatic rings. The van der Waals surface area contributed by atoms with Crippen molar-refractivity contribution in [1.29, 1.82) is 0 Å². The molecule has 2 rings (SSSR count). The third kappa shape index (κ3) is 4.83. The maximum absolute atomic E-state index is 6.22. The number of rotatable bonds is 7. The van der Waals surface area contributed by atoms with E-state index in [0.717, 1.165) is 68.5 Å². The zero-order valence-corrected chi connectivity index (χ0v) is 13.8. The van der Waals surface area contributed by atoms with E-state index < -0.39 is 0 Å². The van der Waals surface area contributed by atoms with Crippen LogP contribution in [-0.4, -0.2) is 37.3 Å². The molecule has 0 saturated carbocycles. The molecule has 0 spiro atoms. The van der Waals surface area contributed by atoms with Crippen LogP contribution in [0.25, 0.3) is 0 Å².